The van der Waals surface area contributed by atoms with E-state index in [4.69, 9.17) is 4.74 Å². The number of rotatable bonds is 9. The lowest BCUT2D eigenvalue weighted by Crippen LogP contribution is -2.51. The van der Waals surface area contributed by atoms with E-state index in [1.165, 1.54) is 32.1 Å². The second-order valence-corrected chi connectivity index (χ2v) is 5.85. The van der Waals surface area contributed by atoms with Crippen molar-refractivity contribution >= 4 is 0 Å². The maximum Gasteiger partial charge on any atom is 0.0855 e. The van der Waals surface area contributed by atoms with Crippen LogP contribution in [-0.2, 0) is 4.74 Å². The summed E-state index contributed by atoms with van der Waals surface area (Å²) in [5, 5.41) is 3.51. The zero-order valence-electron chi connectivity index (χ0n) is 13.5. The number of nitrogens with one attached hydrogen (secondary N) is 1. The molecule has 1 heterocycles. The zero-order valence-corrected chi connectivity index (χ0v) is 13.5. The normalized spacial score (nSPS) is 24.3. The highest BCUT2D eigenvalue weighted by Crippen LogP contribution is 2.22. The molecule has 0 aromatic rings. The van der Waals surface area contributed by atoms with Gasteiger partial charge in [-0.2, -0.15) is 0 Å². The zero-order chi connectivity index (χ0) is 14.1. The molecule has 0 aliphatic carbocycles. The number of hydrogen-bond acceptors (Lipinski definition) is 3. The topological polar surface area (TPSA) is 24.5 Å². The van der Waals surface area contributed by atoms with Gasteiger partial charge in [0.25, 0.3) is 0 Å². The molecule has 0 aromatic carbocycles. The van der Waals surface area contributed by atoms with Gasteiger partial charge < -0.3 is 10.1 Å². The van der Waals surface area contributed by atoms with Crippen molar-refractivity contribution < 1.29 is 4.74 Å². The molecule has 114 valence electrons. The molecule has 1 rings (SSSR count). The van der Waals surface area contributed by atoms with Gasteiger partial charge in [0.15, 0.2) is 0 Å². The SMILES string of the molecule is CCCCC(CC)CC(NC)C1CN(CC)CCO1. The van der Waals surface area contributed by atoms with E-state index < -0.39 is 0 Å². The summed E-state index contributed by atoms with van der Waals surface area (Å²) in [5.74, 6) is 0.845. The standard InChI is InChI=1S/C16H34N2O/c1-5-8-9-14(6-2)12-15(17-4)16-13-18(7-3)10-11-19-16/h14-17H,5-13H2,1-4H3. The molecule has 1 fully saturated rings. The van der Waals surface area contributed by atoms with Crippen LogP contribution in [0.2, 0.25) is 0 Å². The maximum absolute atomic E-state index is 6.01. The van der Waals surface area contributed by atoms with Crippen molar-refractivity contribution in [2.75, 3.05) is 33.3 Å². The second kappa shape index (κ2) is 9.73. The highest BCUT2D eigenvalue weighted by Gasteiger charge is 2.28. The van der Waals surface area contributed by atoms with Crippen molar-refractivity contribution in [2.24, 2.45) is 5.92 Å². The Morgan fingerprint density at radius 3 is 2.68 bits per heavy atom. The Kier molecular flexibility index (Phi) is 8.67. The van der Waals surface area contributed by atoms with Gasteiger partial charge in [0.1, 0.15) is 0 Å². The molecule has 1 N–H and O–H groups in total. The minimum Gasteiger partial charge on any atom is -0.374 e. The average molecular weight is 270 g/mol. The first-order chi connectivity index (χ1) is 9.24. The summed E-state index contributed by atoms with van der Waals surface area (Å²) in [4.78, 5) is 2.51. The van der Waals surface area contributed by atoms with Crippen molar-refractivity contribution in [2.45, 2.75) is 65.0 Å². The number of hydrogen-bond donors (Lipinski definition) is 1. The Morgan fingerprint density at radius 2 is 2.11 bits per heavy atom. The summed E-state index contributed by atoms with van der Waals surface area (Å²) in [5.41, 5.74) is 0. The molecule has 3 heteroatoms. The Labute approximate surface area is 120 Å². The first kappa shape index (κ1) is 16.9. The third-order valence-electron chi connectivity index (χ3n) is 4.57. The van der Waals surface area contributed by atoms with Gasteiger partial charge in [0.2, 0.25) is 0 Å². The minimum absolute atomic E-state index is 0.370. The number of ether oxygens (including phenoxy) is 1. The first-order valence-corrected chi connectivity index (χ1v) is 8.26. The summed E-state index contributed by atoms with van der Waals surface area (Å²) in [6.07, 6.45) is 6.97. The molecule has 0 radical (unpaired) electrons. The van der Waals surface area contributed by atoms with Crippen molar-refractivity contribution in [1.29, 1.82) is 0 Å². The van der Waals surface area contributed by atoms with Gasteiger partial charge in [-0.05, 0) is 25.9 Å². The molecule has 1 aliphatic heterocycles. The molecule has 0 amide bonds. The third kappa shape index (κ3) is 5.80. The first-order valence-electron chi connectivity index (χ1n) is 8.26. The quantitative estimate of drug-likeness (QED) is 0.697. The van der Waals surface area contributed by atoms with Crippen LogP contribution in [0, 0.1) is 5.92 Å². The Balaban J connectivity index is 2.46. The Morgan fingerprint density at radius 1 is 1.32 bits per heavy atom. The van der Waals surface area contributed by atoms with E-state index in [1.54, 1.807) is 0 Å². The van der Waals surface area contributed by atoms with Crippen molar-refractivity contribution in [1.82, 2.24) is 10.2 Å². The lowest BCUT2D eigenvalue weighted by atomic mass is 9.89. The fourth-order valence-electron chi connectivity index (χ4n) is 3.06. The highest BCUT2D eigenvalue weighted by atomic mass is 16.5. The van der Waals surface area contributed by atoms with Gasteiger partial charge in [-0.15, -0.1) is 0 Å². The molecule has 0 spiro atoms. The maximum atomic E-state index is 6.01. The number of likely N-dealkylation sites (N-methyl/N-ethyl adjacent to an activating group) is 2. The van der Waals surface area contributed by atoms with E-state index in [1.807, 2.05) is 0 Å². The van der Waals surface area contributed by atoms with Gasteiger partial charge in [-0.25, -0.2) is 0 Å². The van der Waals surface area contributed by atoms with Gasteiger partial charge in [-0.3, -0.25) is 4.90 Å². The van der Waals surface area contributed by atoms with Crippen molar-refractivity contribution in [3.63, 3.8) is 0 Å². The monoisotopic (exact) mass is 270 g/mol. The number of morpholine rings is 1. The summed E-state index contributed by atoms with van der Waals surface area (Å²) in [6, 6.07) is 0.510. The second-order valence-electron chi connectivity index (χ2n) is 5.85. The van der Waals surface area contributed by atoms with Crippen LogP contribution in [0.15, 0.2) is 0 Å². The molecule has 1 aliphatic rings. The van der Waals surface area contributed by atoms with E-state index in [9.17, 15) is 0 Å². The molecule has 0 aromatic heterocycles. The van der Waals surface area contributed by atoms with Crippen LogP contribution in [0.25, 0.3) is 0 Å². The number of unbranched alkanes of at least 4 members (excludes halogenated alkanes) is 1. The average Bonchev–Trinajstić information content (AvgIpc) is 2.47. The van der Waals surface area contributed by atoms with Crippen LogP contribution >= 0.6 is 0 Å². The predicted octanol–water partition coefficient (Wildman–Crippen LogP) is 2.90. The Hall–Kier alpha value is -0.120. The summed E-state index contributed by atoms with van der Waals surface area (Å²) < 4.78 is 6.01. The fraction of sp³-hybridized carbons (Fsp3) is 1.00. The van der Waals surface area contributed by atoms with E-state index in [-0.39, 0.29) is 0 Å². The van der Waals surface area contributed by atoms with Crippen LogP contribution in [0.5, 0.6) is 0 Å². The van der Waals surface area contributed by atoms with Crippen LogP contribution in [0.4, 0.5) is 0 Å². The largest absolute Gasteiger partial charge is 0.374 e. The van der Waals surface area contributed by atoms with Gasteiger partial charge in [-0.1, -0.05) is 46.5 Å². The molecular formula is C16H34N2O. The van der Waals surface area contributed by atoms with Crippen LogP contribution in [-0.4, -0.2) is 50.3 Å². The summed E-state index contributed by atoms with van der Waals surface area (Å²) in [7, 11) is 2.09. The summed E-state index contributed by atoms with van der Waals surface area (Å²) in [6.45, 7) is 11.1. The van der Waals surface area contributed by atoms with E-state index in [0.29, 0.717) is 12.1 Å². The molecule has 3 unspecified atom stereocenters. The van der Waals surface area contributed by atoms with Crippen LogP contribution in [0.3, 0.4) is 0 Å². The Bertz CT molecular complexity index is 223. The van der Waals surface area contributed by atoms with E-state index in [2.05, 4.69) is 38.0 Å². The summed E-state index contributed by atoms with van der Waals surface area (Å²) >= 11 is 0. The minimum atomic E-state index is 0.370. The molecule has 0 bridgehead atoms. The number of nitrogens with zero attached hydrogens (tertiary/aromatic N) is 1. The van der Waals surface area contributed by atoms with Crippen molar-refractivity contribution in [3.8, 4) is 0 Å². The third-order valence-corrected chi connectivity index (χ3v) is 4.57. The van der Waals surface area contributed by atoms with Gasteiger partial charge in [0.05, 0.1) is 12.7 Å². The van der Waals surface area contributed by atoms with Crippen molar-refractivity contribution in [3.05, 3.63) is 0 Å². The lowest BCUT2D eigenvalue weighted by molar-refractivity contribution is -0.0476. The van der Waals surface area contributed by atoms with Crippen LogP contribution < -0.4 is 5.32 Å². The van der Waals surface area contributed by atoms with E-state index >= 15 is 0 Å². The van der Waals surface area contributed by atoms with E-state index in [0.717, 1.165) is 32.2 Å². The van der Waals surface area contributed by atoms with Gasteiger partial charge in [0, 0.05) is 19.1 Å². The molecular weight excluding hydrogens is 236 g/mol. The molecule has 19 heavy (non-hydrogen) atoms. The van der Waals surface area contributed by atoms with Crippen LogP contribution in [0.1, 0.15) is 52.9 Å². The molecule has 3 nitrogen and oxygen atoms in total. The smallest absolute Gasteiger partial charge is 0.0855 e. The molecule has 0 saturated carbocycles. The fourth-order valence-corrected chi connectivity index (χ4v) is 3.06. The molecule has 3 atom stereocenters. The lowest BCUT2D eigenvalue weighted by Gasteiger charge is -2.37. The predicted molar refractivity (Wildman–Crippen MR) is 82.6 cm³/mol. The van der Waals surface area contributed by atoms with Gasteiger partial charge >= 0.3 is 0 Å². The molecule has 1 saturated heterocycles. The highest BCUT2D eigenvalue weighted by molar-refractivity contribution is 4.83.